The zero-order valence-corrected chi connectivity index (χ0v) is 13.9. The lowest BCUT2D eigenvalue weighted by molar-refractivity contribution is -0.163. The van der Waals surface area contributed by atoms with E-state index in [0.717, 1.165) is 5.56 Å². The molecule has 2 amide bonds. The number of anilines is 1. The van der Waals surface area contributed by atoms with E-state index >= 15 is 0 Å². The van der Waals surface area contributed by atoms with Crippen molar-refractivity contribution in [3.05, 3.63) is 23.8 Å². The van der Waals surface area contributed by atoms with Crippen LogP contribution in [0.3, 0.4) is 0 Å². The van der Waals surface area contributed by atoms with Crippen molar-refractivity contribution in [2.24, 2.45) is 0 Å². The van der Waals surface area contributed by atoms with Crippen LogP contribution >= 0.6 is 0 Å². The number of nitrogens with one attached hydrogen (secondary N) is 1. The first kappa shape index (κ1) is 15.8. The Balaban J connectivity index is 1.87. The third kappa shape index (κ3) is 2.79. The van der Waals surface area contributed by atoms with E-state index in [2.05, 4.69) is 5.32 Å². The van der Waals surface area contributed by atoms with Crippen LogP contribution in [-0.2, 0) is 14.3 Å². The summed E-state index contributed by atoms with van der Waals surface area (Å²) in [5.41, 5.74) is 0.0568. The summed E-state index contributed by atoms with van der Waals surface area (Å²) < 4.78 is 11.5. The van der Waals surface area contributed by atoms with Gasteiger partial charge in [0.15, 0.2) is 0 Å². The number of ether oxygens (including phenoxy) is 2. The van der Waals surface area contributed by atoms with Gasteiger partial charge in [0.2, 0.25) is 0 Å². The Hall–Kier alpha value is -2.08. The smallest absolute Gasteiger partial charge is 0.278 e. The van der Waals surface area contributed by atoms with Gasteiger partial charge in [0.25, 0.3) is 17.4 Å². The summed E-state index contributed by atoms with van der Waals surface area (Å²) >= 11 is 0. The lowest BCUT2D eigenvalue weighted by Gasteiger charge is -2.41. The number of morpholine rings is 1. The SMILES string of the molecule is Cc1ccc2c(c1)NC(=O)C(C)(C(=O)N1CC(C)OC(C)C1)O2. The van der Waals surface area contributed by atoms with Gasteiger partial charge in [-0.1, -0.05) is 6.07 Å². The summed E-state index contributed by atoms with van der Waals surface area (Å²) in [6.07, 6.45) is -0.124. The number of carbonyl (C=O) groups is 2. The highest BCUT2D eigenvalue weighted by molar-refractivity contribution is 6.15. The Kier molecular flexibility index (Phi) is 3.80. The summed E-state index contributed by atoms with van der Waals surface area (Å²) in [6.45, 7) is 8.20. The molecule has 0 spiro atoms. The molecule has 23 heavy (non-hydrogen) atoms. The van der Waals surface area contributed by atoms with Crippen molar-refractivity contribution in [1.82, 2.24) is 4.90 Å². The summed E-state index contributed by atoms with van der Waals surface area (Å²) in [6, 6.07) is 5.50. The Labute approximate surface area is 135 Å². The molecule has 1 N–H and O–H groups in total. The second kappa shape index (κ2) is 5.53. The predicted octanol–water partition coefficient (Wildman–Crippen LogP) is 1.72. The van der Waals surface area contributed by atoms with Gasteiger partial charge in [0, 0.05) is 13.1 Å². The molecule has 1 fully saturated rings. The number of nitrogens with zero attached hydrogens (tertiary/aromatic N) is 1. The summed E-state index contributed by atoms with van der Waals surface area (Å²) in [4.78, 5) is 27.1. The first-order valence-corrected chi connectivity index (χ1v) is 7.85. The van der Waals surface area contributed by atoms with Gasteiger partial charge in [-0.2, -0.15) is 0 Å². The zero-order valence-electron chi connectivity index (χ0n) is 13.9. The molecule has 2 heterocycles. The van der Waals surface area contributed by atoms with Crippen molar-refractivity contribution in [1.29, 1.82) is 0 Å². The minimum atomic E-state index is -1.56. The quantitative estimate of drug-likeness (QED) is 0.801. The van der Waals surface area contributed by atoms with Crippen LogP contribution in [0.5, 0.6) is 5.75 Å². The molecule has 1 aromatic carbocycles. The van der Waals surface area contributed by atoms with Gasteiger partial charge in [0.05, 0.1) is 17.9 Å². The van der Waals surface area contributed by atoms with Gasteiger partial charge in [0.1, 0.15) is 5.75 Å². The van der Waals surface area contributed by atoms with Crippen LogP contribution < -0.4 is 10.1 Å². The second-order valence-electron chi connectivity index (χ2n) is 6.56. The van der Waals surface area contributed by atoms with Crippen molar-refractivity contribution in [3.63, 3.8) is 0 Å². The molecule has 124 valence electrons. The molecule has 1 saturated heterocycles. The summed E-state index contributed by atoms with van der Waals surface area (Å²) in [5.74, 6) is -0.254. The van der Waals surface area contributed by atoms with Crippen LogP contribution in [-0.4, -0.2) is 47.6 Å². The normalized spacial score (nSPS) is 30.3. The molecule has 0 saturated carbocycles. The van der Waals surface area contributed by atoms with E-state index in [9.17, 15) is 9.59 Å². The van der Waals surface area contributed by atoms with Gasteiger partial charge in [-0.05, 0) is 45.4 Å². The largest absolute Gasteiger partial charge is 0.466 e. The van der Waals surface area contributed by atoms with Gasteiger partial charge in [-0.25, -0.2) is 0 Å². The first-order chi connectivity index (χ1) is 10.8. The highest BCUT2D eigenvalue weighted by Crippen LogP contribution is 2.35. The van der Waals surface area contributed by atoms with E-state index in [4.69, 9.17) is 9.47 Å². The highest BCUT2D eigenvalue weighted by Gasteiger charge is 2.50. The third-order valence-electron chi connectivity index (χ3n) is 4.25. The molecular formula is C17H22N2O4. The van der Waals surface area contributed by atoms with Crippen LogP contribution in [0.1, 0.15) is 26.3 Å². The molecule has 3 unspecified atom stereocenters. The van der Waals surface area contributed by atoms with Gasteiger partial charge in [-0.3, -0.25) is 9.59 Å². The Morgan fingerprint density at radius 3 is 2.61 bits per heavy atom. The maximum atomic E-state index is 12.9. The molecule has 0 aliphatic carbocycles. The molecule has 2 aliphatic heterocycles. The topological polar surface area (TPSA) is 67.9 Å². The molecular weight excluding hydrogens is 296 g/mol. The fraction of sp³-hybridized carbons (Fsp3) is 0.529. The minimum absolute atomic E-state index is 0.0621. The number of hydrogen-bond donors (Lipinski definition) is 1. The van der Waals surface area contributed by atoms with Crippen molar-refractivity contribution < 1.29 is 19.1 Å². The number of amides is 2. The Morgan fingerprint density at radius 2 is 1.96 bits per heavy atom. The predicted molar refractivity (Wildman–Crippen MR) is 85.4 cm³/mol. The number of rotatable bonds is 1. The lowest BCUT2D eigenvalue weighted by atomic mass is 9.99. The number of aryl methyl sites for hydroxylation is 1. The standard InChI is InChI=1S/C17H22N2O4/c1-10-5-6-14-13(7-10)18-15(20)17(4,23-14)16(21)19-8-11(2)22-12(3)9-19/h5-7,11-12H,8-9H2,1-4H3,(H,18,20). The Bertz CT molecular complexity index is 650. The molecule has 0 aromatic heterocycles. The van der Waals surface area contributed by atoms with E-state index in [1.807, 2.05) is 32.9 Å². The monoisotopic (exact) mass is 318 g/mol. The number of hydrogen-bond acceptors (Lipinski definition) is 4. The second-order valence-corrected chi connectivity index (χ2v) is 6.56. The van der Waals surface area contributed by atoms with Crippen LogP contribution in [0.4, 0.5) is 5.69 Å². The van der Waals surface area contributed by atoms with E-state index in [1.165, 1.54) is 6.92 Å². The third-order valence-corrected chi connectivity index (χ3v) is 4.25. The van der Waals surface area contributed by atoms with E-state index in [-0.39, 0.29) is 18.1 Å². The maximum Gasteiger partial charge on any atom is 0.278 e. The summed E-state index contributed by atoms with van der Waals surface area (Å²) in [5, 5.41) is 2.79. The van der Waals surface area contributed by atoms with Gasteiger partial charge < -0.3 is 19.7 Å². The van der Waals surface area contributed by atoms with Crippen LogP contribution in [0.15, 0.2) is 18.2 Å². The molecule has 1 aromatic rings. The van der Waals surface area contributed by atoms with Crippen molar-refractivity contribution in [2.75, 3.05) is 18.4 Å². The van der Waals surface area contributed by atoms with E-state index < -0.39 is 11.5 Å². The van der Waals surface area contributed by atoms with Crippen LogP contribution in [0, 0.1) is 6.92 Å². The molecule has 6 nitrogen and oxygen atoms in total. The average molecular weight is 318 g/mol. The van der Waals surface area contributed by atoms with Crippen LogP contribution in [0.2, 0.25) is 0 Å². The van der Waals surface area contributed by atoms with Gasteiger partial charge >= 0.3 is 0 Å². The van der Waals surface area contributed by atoms with Gasteiger partial charge in [-0.15, -0.1) is 0 Å². The lowest BCUT2D eigenvalue weighted by Crippen LogP contribution is -2.62. The van der Waals surface area contributed by atoms with E-state index in [1.54, 1.807) is 11.0 Å². The average Bonchev–Trinajstić information content (AvgIpc) is 2.47. The molecule has 6 heteroatoms. The maximum absolute atomic E-state index is 12.9. The van der Waals surface area contributed by atoms with E-state index in [0.29, 0.717) is 24.5 Å². The number of carbonyl (C=O) groups excluding carboxylic acids is 2. The number of fused-ring (bicyclic) bond motifs is 1. The summed E-state index contributed by atoms with van der Waals surface area (Å²) in [7, 11) is 0. The van der Waals surface area contributed by atoms with Crippen molar-refractivity contribution in [3.8, 4) is 5.75 Å². The highest BCUT2D eigenvalue weighted by atomic mass is 16.5. The van der Waals surface area contributed by atoms with Crippen molar-refractivity contribution in [2.45, 2.75) is 45.5 Å². The van der Waals surface area contributed by atoms with Crippen LogP contribution in [0.25, 0.3) is 0 Å². The fourth-order valence-corrected chi connectivity index (χ4v) is 3.12. The molecule has 0 radical (unpaired) electrons. The molecule has 0 bridgehead atoms. The molecule has 3 rings (SSSR count). The zero-order chi connectivity index (χ0) is 16.8. The fourth-order valence-electron chi connectivity index (χ4n) is 3.12. The minimum Gasteiger partial charge on any atom is -0.466 e. The first-order valence-electron chi connectivity index (χ1n) is 7.85. The number of benzene rings is 1. The van der Waals surface area contributed by atoms with Crippen molar-refractivity contribution >= 4 is 17.5 Å². The molecule has 2 aliphatic rings. The molecule has 3 atom stereocenters. The Morgan fingerprint density at radius 1 is 1.30 bits per heavy atom.